The molecular weight excluding hydrogens is 385 g/mol. The Morgan fingerprint density at radius 1 is 1.23 bits per heavy atom. The van der Waals surface area contributed by atoms with Crippen LogP contribution in [0.4, 0.5) is 4.39 Å². The summed E-state index contributed by atoms with van der Waals surface area (Å²) in [5, 5.41) is 20.7. The number of hydrogen-bond donors (Lipinski definition) is 3. The number of aromatic nitrogens is 3. The number of H-pyrrole nitrogens is 1. The maximum Gasteiger partial charge on any atom is 0.255 e. The minimum absolute atomic E-state index is 0.146. The summed E-state index contributed by atoms with van der Waals surface area (Å²) < 4.78 is 14.5. The molecule has 158 valence electrons. The number of benzene rings is 1. The van der Waals surface area contributed by atoms with Gasteiger partial charge in [-0.15, -0.1) is 0 Å². The summed E-state index contributed by atoms with van der Waals surface area (Å²) in [6.07, 6.45) is 0. The van der Waals surface area contributed by atoms with Crippen molar-refractivity contribution in [2.24, 2.45) is 0 Å². The fourth-order valence-corrected chi connectivity index (χ4v) is 3.91. The predicted molar refractivity (Wildman–Crippen MR) is 113 cm³/mol. The molecule has 1 aliphatic rings. The van der Waals surface area contributed by atoms with Crippen LogP contribution < -0.4 is 5.32 Å². The van der Waals surface area contributed by atoms with E-state index >= 15 is 0 Å². The Morgan fingerprint density at radius 3 is 2.67 bits per heavy atom. The molecule has 1 amide bonds. The molecular formula is C22H26FN5O2. The lowest BCUT2D eigenvalue weighted by atomic mass is 9.90. The van der Waals surface area contributed by atoms with E-state index in [1.54, 1.807) is 6.07 Å². The summed E-state index contributed by atoms with van der Waals surface area (Å²) in [6.45, 7) is 11.2. The van der Waals surface area contributed by atoms with E-state index in [2.05, 4.69) is 34.3 Å². The fraction of sp³-hybridized carbons (Fsp3) is 0.409. The average molecular weight is 411 g/mol. The minimum atomic E-state index is -0.611. The molecule has 1 aliphatic heterocycles. The SMILES string of the molecule is Cc1n[nH]c2nc(-c3ccc(O)cc3F)cc(C(=O)N3CC(C)(C)NCC3(C)C)c12. The summed E-state index contributed by atoms with van der Waals surface area (Å²) in [7, 11) is 0. The third-order valence-corrected chi connectivity index (χ3v) is 5.70. The minimum Gasteiger partial charge on any atom is -0.508 e. The van der Waals surface area contributed by atoms with Gasteiger partial charge in [0.25, 0.3) is 5.91 Å². The van der Waals surface area contributed by atoms with Crippen LogP contribution >= 0.6 is 0 Å². The average Bonchev–Trinajstić information content (AvgIpc) is 3.04. The summed E-state index contributed by atoms with van der Waals surface area (Å²) in [4.78, 5) is 20.1. The Bertz CT molecular complexity index is 1150. The molecule has 3 N–H and O–H groups in total. The zero-order valence-corrected chi connectivity index (χ0v) is 17.8. The lowest BCUT2D eigenvalue weighted by Crippen LogP contribution is -2.67. The standard InChI is InChI=1S/C22H26FN5O2/c1-12-18-15(20(30)28-11-21(2,3)24-10-22(28,4)5)9-17(25-19(18)27-26-12)14-7-6-13(29)8-16(14)23/h6-9,24,29H,10-11H2,1-5H3,(H,25,26,27). The summed E-state index contributed by atoms with van der Waals surface area (Å²) in [5.41, 5.74) is 1.40. The number of rotatable bonds is 2. The fourth-order valence-electron chi connectivity index (χ4n) is 3.91. The largest absolute Gasteiger partial charge is 0.508 e. The lowest BCUT2D eigenvalue weighted by molar-refractivity contribution is 0.0283. The highest BCUT2D eigenvalue weighted by Crippen LogP contribution is 2.32. The van der Waals surface area contributed by atoms with Crippen molar-refractivity contribution in [3.05, 3.63) is 41.3 Å². The van der Waals surface area contributed by atoms with Crippen LogP contribution in [0.3, 0.4) is 0 Å². The highest BCUT2D eigenvalue weighted by atomic mass is 19.1. The van der Waals surface area contributed by atoms with Crippen LogP contribution in [0.1, 0.15) is 43.7 Å². The van der Waals surface area contributed by atoms with E-state index in [1.807, 2.05) is 25.7 Å². The van der Waals surface area contributed by atoms with Gasteiger partial charge in [0.1, 0.15) is 11.6 Å². The normalized spacial score (nSPS) is 18.0. The van der Waals surface area contributed by atoms with Crippen molar-refractivity contribution in [1.82, 2.24) is 25.4 Å². The number of fused-ring (bicyclic) bond motifs is 1. The van der Waals surface area contributed by atoms with Gasteiger partial charge in [-0.1, -0.05) is 0 Å². The van der Waals surface area contributed by atoms with Gasteiger partial charge in [-0.3, -0.25) is 9.89 Å². The van der Waals surface area contributed by atoms with Crippen LogP contribution in [-0.4, -0.2) is 55.3 Å². The monoisotopic (exact) mass is 411 g/mol. The molecule has 0 radical (unpaired) electrons. The van der Waals surface area contributed by atoms with Crippen LogP contribution in [0.15, 0.2) is 24.3 Å². The van der Waals surface area contributed by atoms with Crippen molar-refractivity contribution >= 4 is 16.9 Å². The molecule has 8 heteroatoms. The van der Waals surface area contributed by atoms with E-state index in [-0.39, 0.29) is 22.8 Å². The molecule has 0 unspecified atom stereocenters. The maximum absolute atomic E-state index is 14.5. The Balaban J connectivity index is 1.89. The molecule has 0 saturated carbocycles. The second-order valence-corrected chi connectivity index (χ2v) is 9.19. The molecule has 0 aliphatic carbocycles. The maximum atomic E-state index is 14.5. The van der Waals surface area contributed by atoms with Gasteiger partial charge < -0.3 is 15.3 Å². The number of nitrogens with one attached hydrogen (secondary N) is 2. The van der Waals surface area contributed by atoms with Gasteiger partial charge in [-0.25, -0.2) is 9.37 Å². The van der Waals surface area contributed by atoms with E-state index in [0.29, 0.717) is 41.1 Å². The Labute approximate surface area is 174 Å². The molecule has 2 aromatic heterocycles. The number of nitrogens with zero attached hydrogens (tertiary/aromatic N) is 3. The van der Waals surface area contributed by atoms with Crippen molar-refractivity contribution in [2.45, 2.75) is 45.7 Å². The van der Waals surface area contributed by atoms with Gasteiger partial charge in [-0.05, 0) is 52.8 Å². The van der Waals surface area contributed by atoms with E-state index in [9.17, 15) is 14.3 Å². The first-order chi connectivity index (χ1) is 14.0. The first kappa shape index (κ1) is 20.3. The number of aryl methyl sites for hydroxylation is 1. The molecule has 1 saturated heterocycles. The van der Waals surface area contributed by atoms with Gasteiger partial charge in [0.15, 0.2) is 5.65 Å². The summed E-state index contributed by atoms with van der Waals surface area (Å²) in [5.74, 6) is -0.928. The highest BCUT2D eigenvalue weighted by molar-refractivity contribution is 6.07. The first-order valence-corrected chi connectivity index (χ1v) is 9.90. The second kappa shape index (κ2) is 6.77. The summed E-state index contributed by atoms with van der Waals surface area (Å²) >= 11 is 0. The van der Waals surface area contributed by atoms with Crippen molar-refractivity contribution in [2.75, 3.05) is 13.1 Å². The van der Waals surface area contributed by atoms with E-state index in [4.69, 9.17) is 0 Å². The van der Waals surface area contributed by atoms with Gasteiger partial charge in [0, 0.05) is 30.3 Å². The number of carbonyl (C=O) groups excluding carboxylic acids is 1. The number of carbonyl (C=O) groups is 1. The van der Waals surface area contributed by atoms with Gasteiger partial charge in [0.2, 0.25) is 0 Å². The van der Waals surface area contributed by atoms with Crippen LogP contribution in [-0.2, 0) is 0 Å². The molecule has 1 aromatic carbocycles. The van der Waals surface area contributed by atoms with Crippen molar-refractivity contribution in [1.29, 1.82) is 0 Å². The van der Waals surface area contributed by atoms with Crippen molar-refractivity contribution in [3.63, 3.8) is 0 Å². The zero-order valence-electron chi connectivity index (χ0n) is 17.8. The van der Waals surface area contributed by atoms with E-state index in [1.165, 1.54) is 12.1 Å². The number of aromatic amines is 1. The van der Waals surface area contributed by atoms with Gasteiger partial charge in [0.05, 0.1) is 27.9 Å². The lowest BCUT2D eigenvalue weighted by Gasteiger charge is -2.49. The van der Waals surface area contributed by atoms with Crippen LogP contribution in [0.2, 0.25) is 0 Å². The Hall–Kier alpha value is -3.00. The number of pyridine rings is 1. The molecule has 0 spiro atoms. The van der Waals surface area contributed by atoms with Crippen LogP contribution in [0.25, 0.3) is 22.3 Å². The number of phenols is 1. The van der Waals surface area contributed by atoms with Crippen LogP contribution in [0, 0.1) is 12.7 Å². The Kier molecular flexibility index (Phi) is 4.58. The van der Waals surface area contributed by atoms with Gasteiger partial charge in [-0.2, -0.15) is 5.10 Å². The van der Waals surface area contributed by atoms with Crippen molar-refractivity contribution < 1.29 is 14.3 Å². The third kappa shape index (κ3) is 3.41. The summed E-state index contributed by atoms with van der Waals surface area (Å²) in [6, 6.07) is 5.50. The second-order valence-electron chi connectivity index (χ2n) is 9.19. The number of halogens is 1. The van der Waals surface area contributed by atoms with E-state index in [0.717, 1.165) is 6.07 Å². The molecule has 3 aromatic rings. The predicted octanol–water partition coefficient (Wildman–Crippen LogP) is 3.38. The number of aromatic hydroxyl groups is 1. The molecule has 1 fully saturated rings. The van der Waals surface area contributed by atoms with Gasteiger partial charge >= 0.3 is 0 Å². The first-order valence-electron chi connectivity index (χ1n) is 9.90. The molecule has 0 bridgehead atoms. The zero-order chi connectivity index (χ0) is 21.8. The number of amides is 1. The Morgan fingerprint density at radius 2 is 1.97 bits per heavy atom. The molecule has 0 atom stereocenters. The molecule has 7 nitrogen and oxygen atoms in total. The van der Waals surface area contributed by atoms with Crippen molar-refractivity contribution in [3.8, 4) is 17.0 Å². The third-order valence-electron chi connectivity index (χ3n) is 5.70. The number of hydrogen-bond acceptors (Lipinski definition) is 5. The number of piperazine rings is 1. The molecule has 4 rings (SSSR count). The smallest absolute Gasteiger partial charge is 0.255 e. The van der Waals surface area contributed by atoms with Crippen LogP contribution in [0.5, 0.6) is 5.75 Å². The highest BCUT2D eigenvalue weighted by Gasteiger charge is 2.41. The molecule has 3 heterocycles. The molecule has 30 heavy (non-hydrogen) atoms. The topological polar surface area (TPSA) is 94.1 Å². The quantitative estimate of drug-likeness (QED) is 0.601. The van der Waals surface area contributed by atoms with E-state index < -0.39 is 11.4 Å². The number of phenolic OH excluding ortho intramolecular Hbond substituents is 1.